The van der Waals surface area contributed by atoms with Crippen molar-refractivity contribution in [2.24, 2.45) is 5.73 Å². The Labute approximate surface area is 99.4 Å². The van der Waals surface area contributed by atoms with Gasteiger partial charge in [-0.05, 0) is 48.1 Å². The molecule has 1 rings (SSSR count). The Balaban J connectivity index is 3.04. The van der Waals surface area contributed by atoms with Gasteiger partial charge in [0.15, 0.2) is 0 Å². The minimum absolute atomic E-state index is 0.706. The van der Waals surface area contributed by atoms with Crippen LogP contribution in [0.15, 0.2) is 24.8 Å². The molecule has 0 unspecified atom stereocenters. The Kier molecular flexibility index (Phi) is 5.27. The van der Waals surface area contributed by atoms with Gasteiger partial charge in [0, 0.05) is 0 Å². The fourth-order valence-corrected chi connectivity index (χ4v) is 1.98. The van der Waals surface area contributed by atoms with Gasteiger partial charge in [0.1, 0.15) is 0 Å². The highest BCUT2D eigenvalue weighted by molar-refractivity contribution is 5.67. The number of rotatable bonds is 6. The fourth-order valence-electron chi connectivity index (χ4n) is 1.98. The molecule has 0 aliphatic heterocycles. The summed E-state index contributed by atoms with van der Waals surface area (Å²) in [5.41, 5.74) is 10.9. The summed E-state index contributed by atoms with van der Waals surface area (Å²) in [6.45, 7) is 9.28. The Morgan fingerprint density at radius 1 is 1.31 bits per heavy atom. The molecule has 0 bridgehead atoms. The second-order valence-electron chi connectivity index (χ2n) is 4.24. The quantitative estimate of drug-likeness (QED) is 0.774. The molecule has 0 saturated carbocycles. The van der Waals surface area contributed by atoms with E-state index in [0.717, 1.165) is 25.7 Å². The van der Waals surface area contributed by atoms with Crippen LogP contribution in [-0.4, -0.2) is 6.54 Å². The van der Waals surface area contributed by atoms with Gasteiger partial charge < -0.3 is 5.73 Å². The minimum atomic E-state index is 0.706. The highest BCUT2D eigenvalue weighted by atomic mass is 14.5. The van der Waals surface area contributed by atoms with E-state index >= 15 is 0 Å². The Morgan fingerprint density at radius 3 is 2.62 bits per heavy atom. The molecule has 0 amide bonds. The smallest absolute Gasteiger partial charge is 0.00365 e. The van der Waals surface area contributed by atoms with Crippen molar-refractivity contribution in [3.63, 3.8) is 0 Å². The molecular weight excluding hydrogens is 194 g/mol. The summed E-state index contributed by atoms with van der Waals surface area (Å²) in [6, 6.07) is 6.69. The first-order valence-electron chi connectivity index (χ1n) is 6.22. The maximum absolute atomic E-state index is 5.64. The lowest BCUT2D eigenvalue weighted by Crippen LogP contribution is -2.05. The van der Waals surface area contributed by atoms with Crippen LogP contribution in [0.25, 0.3) is 5.57 Å². The standard InChI is InChI=1S/C15H23N/c1-4-6-12(3)15-11-13(5-2)7-8-14(15)9-10-16/h7-8,11H,3-6,9-10,16H2,1-2H3. The van der Waals surface area contributed by atoms with Gasteiger partial charge in [-0.25, -0.2) is 0 Å². The average Bonchev–Trinajstić information content (AvgIpc) is 2.30. The van der Waals surface area contributed by atoms with Gasteiger partial charge in [-0.2, -0.15) is 0 Å². The predicted octanol–water partition coefficient (Wildman–Crippen LogP) is 3.56. The third kappa shape index (κ3) is 3.21. The molecule has 0 spiro atoms. The summed E-state index contributed by atoms with van der Waals surface area (Å²) < 4.78 is 0. The van der Waals surface area contributed by atoms with Crippen LogP contribution < -0.4 is 5.73 Å². The van der Waals surface area contributed by atoms with Crippen molar-refractivity contribution < 1.29 is 0 Å². The Morgan fingerprint density at radius 2 is 2.06 bits per heavy atom. The van der Waals surface area contributed by atoms with Crippen molar-refractivity contribution in [1.29, 1.82) is 0 Å². The zero-order valence-electron chi connectivity index (χ0n) is 10.6. The number of nitrogens with two attached hydrogens (primary N) is 1. The number of benzene rings is 1. The van der Waals surface area contributed by atoms with Crippen molar-refractivity contribution in [2.45, 2.75) is 39.5 Å². The van der Waals surface area contributed by atoms with Crippen LogP contribution in [0.1, 0.15) is 43.4 Å². The van der Waals surface area contributed by atoms with Crippen LogP contribution in [0, 0.1) is 0 Å². The molecule has 88 valence electrons. The molecule has 0 saturated heterocycles. The molecule has 16 heavy (non-hydrogen) atoms. The molecule has 0 fully saturated rings. The molecule has 1 nitrogen and oxygen atoms in total. The molecule has 0 aliphatic rings. The van der Waals surface area contributed by atoms with Crippen LogP contribution in [-0.2, 0) is 12.8 Å². The van der Waals surface area contributed by atoms with Gasteiger partial charge in [-0.15, -0.1) is 0 Å². The lowest BCUT2D eigenvalue weighted by Gasteiger charge is -2.12. The summed E-state index contributed by atoms with van der Waals surface area (Å²) in [4.78, 5) is 0. The number of allylic oxidation sites excluding steroid dienone is 1. The average molecular weight is 217 g/mol. The lowest BCUT2D eigenvalue weighted by atomic mass is 9.93. The molecule has 0 heterocycles. The molecular formula is C15H23N. The minimum Gasteiger partial charge on any atom is -0.330 e. The van der Waals surface area contributed by atoms with Gasteiger partial charge in [-0.3, -0.25) is 0 Å². The van der Waals surface area contributed by atoms with Crippen LogP contribution in [0.4, 0.5) is 0 Å². The van der Waals surface area contributed by atoms with E-state index in [1.54, 1.807) is 0 Å². The van der Waals surface area contributed by atoms with E-state index in [-0.39, 0.29) is 0 Å². The second kappa shape index (κ2) is 6.49. The molecule has 0 aromatic heterocycles. The highest BCUT2D eigenvalue weighted by Gasteiger charge is 2.06. The molecule has 1 aromatic carbocycles. The van der Waals surface area contributed by atoms with Gasteiger partial charge in [0.2, 0.25) is 0 Å². The first kappa shape index (κ1) is 13.0. The van der Waals surface area contributed by atoms with E-state index in [9.17, 15) is 0 Å². The molecule has 2 N–H and O–H groups in total. The first-order chi connectivity index (χ1) is 7.72. The molecule has 1 heteroatoms. The molecule has 1 aromatic rings. The van der Waals surface area contributed by atoms with Gasteiger partial charge in [-0.1, -0.05) is 45.0 Å². The highest BCUT2D eigenvalue weighted by Crippen LogP contribution is 2.24. The van der Waals surface area contributed by atoms with E-state index in [0.29, 0.717) is 6.54 Å². The summed E-state index contributed by atoms with van der Waals surface area (Å²) >= 11 is 0. The maximum atomic E-state index is 5.64. The summed E-state index contributed by atoms with van der Waals surface area (Å²) in [7, 11) is 0. The topological polar surface area (TPSA) is 26.0 Å². The number of aryl methyl sites for hydroxylation is 1. The molecule has 0 aliphatic carbocycles. The third-order valence-electron chi connectivity index (χ3n) is 2.93. The van der Waals surface area contributed by atoms with E-state index < -0.39 is 0 Å². The van der Waals surface area contributed by atoms with Crippen LogP contribution in [0.2, 0.25) is 0 Å². The predicted molar refractivity (Wildman–Crippen MR) is 72.5 cm³/mol. The van der Waals surface area contributed by atoms with Crippen molar-refractivity contribution >= 4 is 5.57 Å². The molecule has 0 radical (unpaired) electrons. The van der Waals surface area contributed by atoms with Gasteiger partial charge in [0.25, 0.3) is 0 Å². The number of hydrogen-bond acceptors (Lipinski definition) is 1. The second-order valence-corrected chi connectivity index (χ2v) is 4.24. The van der Waals surface area contributed by atoms with Crippen LogP contribution in [0.3, 0.4) is 0 Å². The van der Waals surface area contributed by atoms with E-state index in [1.807, 2.05) is 0 Å². The summed E-state index contributed by atoms with van der Waals surface area (Å²) in [6.07, 6.45) is 4.25. The van der Waals surface area contributed by atoms with Crippen LogP contribution in [0.5, 0.6) is 0 Å². The Hall–Kier alpha value is -1.08. The SMILES string of the molecule is C=C(CCC)c1cc(CC)ccc1CCN. The van der Waals surface area contributed by atoms with Gasteiger partial charge in [0.05, 0.1) is 0 Å². The largest absolute Gasteiger partial charge is 0.330 e. The third-order valence-corrected chi connectivity index (χ3v) is 2.93. The zero-order chi connectivity index (χ0) is 12.0. The zero-order valence-corrected chi connectivity index (χ0v) is 10.6. The summed E-state index contributed by atoms with van der Waals surface area (Å²) in [5.74, 6) is 0. The van der Waals surface area contributed by atoms with Crippen LogP contribution >= 0.6 is 0 Å². The van der Waals surface area contributed by atoms with Crippen molar-refractivity contribution in [1.82, 2.24) is 0 Å². The van der Waals surface area contributed by atoms with E-state index in [4.69, 9.17) is 5.73 Å². The summed E-state index contributed by atoms with van der Waals surface area (Å²) in [5, 5.41) is 0. The van der Waals surface area contributed by atoms with Crippen molar-refractivity contribution in [2.75, 3.05) is 6.54 Å². The lowest BCUT2D eigenvalue weighted by molar-refractivity contribution is 0.942. The Bertz CT molecular complexity index is 352. The molecule has 0 atom stereocenters. The first-order valence-corrected chi connectivity index (χ1v) is 6.22. The monoisotopic (exact) mass is 217 g/mol. The maximum Gasteiger partial charge on any atom is -0.00365 e. The number of hydrogen-bond donors (Lipinski definition) is 1. The van der Waals surface area contributed by atoms with E-state index in [1.165, 1.54) is 22.3 Å². The van der Waals surface area contributed by atoms with Gasteiger partial charge >= 0.3 is 0 Å². The van der Waals surface area contributed by atoms with Crippen molar-refractivity contribution in [3.05, 3.63) is 41.5 Å². The van der Waals surface area contributed by atoms with E-state index in [2.05, 4.69) is 38.6 Å². The van der Waals surface area contributed by atoms with Crippen molar-refractivity contribution in [3.8, 4) is 0 Å². The fraction of sp³-hybridized carbons (Fsp3) is 0.467. The normalized spacial score (nSPS) is 10.4.